The molecule has 36 heavy (non-hydrogen) atoms. The van der Waals surface area contributed by atoms with Gasteiger partial charge in [0.25, 0.3) is 0 Å². The number of methoxy groups -OCH3 is 1. The zero-order valence-corrected chi connectivity index (χ0v) is 23.0. The normalized spacial score (nSPS) is 18.9. The van der Waals surface area contributed by atoms with E-state index in [9.17, 15) is 9.59 Å². The second-order valence-electron chi connectivity index (χ2n) is 9.97. The minimum absolute atomic E-state index is 0.0517. The lowest BCUT2D eigenvalue weighted by atomic mass is 9.68. The van der Waals surface area contributed by atoms with E-state index < -0.39 is 11.9 Å². The van der Waals surface area contributed by atoms with Crippen molar-refractivity contribution in [2.45, 2.75) is 53.1 Å². The number of allylic oxidation sites excluding steroid dienone is 3. The quantitative estimate of drug-likeness (QED) is 0.411. The van der Waals surface area contributed by atoms with Crippen LogP contribution in [-0.2, 0) is 20.9 Å². The third-order valence-electron chi connectivity index (χ3n) is 6.56. The molecular weight excluding hydrogens is 522 g/mol. The van der Waals surface area contributed by atoms with E-state index in [-0.39, 0.29) is 24.4 Å². The van der Waals surface area contributed by atoms with Gasteiger partial charge in [-0.05, 0) is 61.6 Å². The van der Waals surface area contributed by atoms with Gasteiger partial charge in [0.05, 0.1) is 19.3 Å². The standard InChI is InChI=1S/C29H32BrNO5/c1-6-35-28(33)25-17(2)31-22-14-29(3,4)15-23(32)27(22)26(25)18-10-11-24(34-5)19(12-18)16-36-21-9-7-8-20(30)13-21/h7-13,26,31H,6,14-16H2,1-5H3/t26-/m1/s1. The Morgan fingerprint density at radius 1 is 1.17 bits per heavy atom. The number of benzene rings is 2. The number of halogens is 1. The minimum atomic E-state index is -0.528. The van der Waals surface area contributed by atoms with E-state index in [1.165, 1.54) is 0 Å². The van der Waals surface area contributed by atoms with E-state index in [4.69, 9.17) is 14.2 Å². The first kappa shape index (κ1) is 26.0. The highest BCUT2D eigenvalue weighted by molar-refractivity contribution is 9.10. The number of esters is 1. The van der Waals surface area contributed by atoms with E-state index in [1.54, 1.807) is 14.0 Å². The van der Waals surface area contributed by atoms with Crippen molar-refractivity contribution >= 4 is 27.7 Å². The van der Waals surface area contributed by atoms with Gasteiger partial charge in [-0.2, -0.15) is 0 Å². The predicted octanol–water partition coefficient (Wildman–Crippen LogP) is 6.20. The summed E-state index contributed by atoms with van der Waals surface area (Å²) in [4.78, 5) is 26.6. The van der Waals surface area contributed by atoms with E-state index in [2.05, 4.69) is 35.1 Å². The molecule has 0 aromatic heterocycles. The van der Waals surface area contributed by atoms with Crippen LogP contribution in [0.2, 0.25) is 0 Å². The first-order valence-corrected chi connectivity index (χ1v) is 12.9. The number of ketones is 1. The number of nitrogens with one attached hydrogen (secondary N) is 1. The average Bonchev–Trinajstić information content (AvgIpc) is 2.81. The van der Waals surface area contributed by atoms with Gasteiger partial charge >= 0.3 is 5.97 Å². The third kappa shape index (κ3) is 5.36. The summed E-state index contributed by atoms with van der Waals surface area (Å²) >= 11 is 3.47. The van der Waals surface area contributed by atoms with Crippen LogP contribution in [0.5, 0.6) is 11.5 Å². The first-order chi connectivity index (χ1) is 17.1. The second-order valence-corrected chi connectivity index (χ2v) is 10.9. The van der Waals surface area contributed by atoms with Gasteiger partial charge in [-0.1, -0.05) is 41.9 Å². The Bertz CT molecular complexity index is 1260. The number of hydrogen-bond acceptors (Lipinski definition) is 6. The van der Waals surface area contributed by atoms with Crippen molar-refractivity contribution in [1.82, 2.24) is 5.32 Å². The van der Waals surface area contributed by atoms with Crippen LogP contribution in [0.25, 0.3) is 0 Å². The van der Waals surface area contributed by atoms with Crippen LogP contribution in [0.3, 0.4) is 0 Å². The smallest absolute Gasteiger partial charge is 0.336 e. The molecule has 190 valence electrons. The van der Waals surface area contributed by atoms with Gasteiger partial charge in [0.2, 0.25) is 0 Å². The van der Waals surface area contributed by atoms with Crippen LogP contribution < -0.4 is 14.8 Å². The molecule has 0 unspecified atom stereocenters. The van der Waals surface area contributed by atoms with E-state index in [0.29, 0.717) is 29.0 Å². The van der Waals surface area contributed by atoms with Gasteiger partial charge < -0.3 is 19.5 Å². The highest BCUT2D eigenvalue weighted by atomic mass is 79.9. The summed E-state index contributed by atoms with van der Waals surface area (Å²) in [6.07, 6.45) is 1.15. The molecule has 2 aromatic rings. The Morgan fingerprint density at radius 3 is 2.64 bits per heavy atom. The molecule has 1 aliphatic heterocycles. The molecule has 4 rings (SSSR count). The first-order valence-electron chi connectivity index (χ1n) is 12.1. The number of carbonyl (C=O) groups is 2. The van der Waals surface area contributed by atoms with Crippen molar-refractivity contribution in [3.8, 4) is 11.5 Å². The van der Waals surface area contributed by atoms with Crippen LogP contribution in [-0.4, -0.2) is 25.5 Å². The number of carbonyl (C=O) groups excluding carboxylic acids is 2. The summed E-state index contributed by atoms with van der Waals surface area (Å²) in [7, 11) is 1.61. The molecule has 1 N–H and O–H groups in total. The fraction of sp³-hybridized carbons (Fsp3) is 0.379. The zero-order chi connectivity index (χ0) is 26.0. The topological polar surface area (TPSA) is 73.9 Å². The fourth-order valence-corrected chi connectivity index (χ4v) is 5.44. The Hall–Kier alpha value is -3.06. The van der Waals surface area contributed by atoms with Gasteiger partial charge in [0.1, 0.15) is 18.1 Å². The molecule has 0 spiro atoms. The Balaban J connectivity index is 1.79. The maximum atomic E-state index is 13.5. The van der Waals surface area contributed by atoms with Crippen molar-refractivity contribution in [3.63, 3.8) is 0 Å². The van der Waals surface area contributed by atoms with Crippen molar-refractivity contribution in [2.75, 3.05) is 13.7 Å². The lowest BCUT2D eigenvalue weighted by Gasteiger charge is -2.39. The maximum absolute atomic E-state index is 13.5. The molecule has 2 aliphatic rings. The van der Waals surface area contributed by atoms with Crippen molar-refractivity contribution < 1.29 is 23.8 Å². The molecule has 0 saturated heterocycles. The Labute approximate surface area is 220 Å². The summed E-state index contributed by atoms with van der Waals surface area (Å²) < 4.78 is 18.0. The number of Topliss-reactive ketones (excluding diaryl/α,β-unsaturated/α-hetero) is 1. The molecule has 1 heterocycles. The lowest BCUT2D eigenvalue weighted by Crippen LogP contribution is -2.38. The van der Waals surface area contributed by atoms with Crippen LogP contribution in [0, 0.1) is 5.41 Å². The number of ether oxygens (including phenoxy) is 3. The largest absolute Gasteiger partial charge is 0.496 e. The highest BCUT2D eigenvalue weighted by Crippen LogP contribution is 2.47. The van der Waals surface area contributed by atoms with E-state index >= 15 is 0 Å². The SMILES string of the molecule is CCOC(=O)C1=C(C)NC2=C(C(=O)CC(C)(C)C2)[C@@H]1c1ccc(OC)c(COc2cccc(Br)c2)c1. The summed E-state index contributed by atoms with van der Waals surface area (Å²) in [5, 5.41) is 3.37. The molecule has 0 bridgehead atoms. The Kier molecular flexibility index (Phi) is 7.59. The molecular formula is C29H32BrNO5. The van der Waals surface area contributed by atoms with Crippen molar-refractivity contribution in [1.29, 1.82) is 0 Å². The highest BCUT2D eigenvalue weighted by Gasteiger charge is 2.43. The van der Waals surface area contributed by atoms with E-state index in [1.807, 2.05) is 49.4 Å². The molecule has 2 aromatic carbocycles. The molecule has 0 fully saturated rings. The predicted molar refractivity (Wildman–Crippen MR) is 142 cm³/mol. The third-order valence-corrected chi connectivity index (χ3v) is 7.06. The average molecular weight is 554 g/mol. The van der Waals surface area contributed by atoms with Gasteiger partial charge in [-0.15, -0.1) is 0 Å². The summed E-state index contributed by atoms with van der Waals surface area (Å²) in [5.74, 6) is 0.498. The minimum Gasteiger partial charge on any atom is -0.496 e. The molecule has 6 nitrogen and oxygen atoms in total. The number of dihydropyridines is 1. The Morgan fingerprint density at radius 2 is 1.94 bits per heavy atom. The van der Waals surface area contributed by atoms with Gasteiger partial charge in [0, 0.05) is 39.3 Å². The summed E-state index contributed by atoms with van der Waals surface area (Å²) in [6, 6.07) is 13.4. The summed E-state index contributed by atoms with van der Waals surface area (Å²) in [6.45, 7) is 8.36. The van der Waals surface area contributed by atoms with Crippen LogP contribution >= 0.6 is 15.9 Å². The molecule has 0 amide bonds. The van der Waals surface area contributed by atoms with Crippen LogP contribution in [0.4, 0.5) is 0 Å². The van der Waals surface area contributed by atoms with Crippen LogP contribution in [0.1, 0.15) is 57.6 Å². The van der Waals surface area contributed by atoms with Crippen LogP contribution in [0.15, 0.2) is 69.5 Å². The molecule has 7 heteroatoms. The molecule has 1 atom stereocenters. The number of rotatable bonds is 7. The van der Waals surface area contributed by atoms with Gasteiger partial charge in [0.15, 0.2) is 5.78 Å². The van der Waals surface area contributed by atoms with Crippen molar-refractivity contribution in [3.05, 3.63) is 80.6 Å². The molecule has 1 aliphatic carbocycles. The maximum Gasteiger partial charge on any atom is 0.336 e. The van der Waals surface area contributed by atoms with Gasteiger partial charge in [-0.25, -0.2) is 4.79 Å². The fourth-order valence-electron chi connectivity index (χ4n) is 5.06. The molecule has 0 saturated carbocycles. The monoisotopic (exact) mass is 553 g/mol. The summed E-state index contributed by atoms with van der Waals surface area (Å²) in [5.41, 5.74) is 4.20. The van der Waals surface area contributed by atoms with E-state index in [0.717, 1.165) is 33.5 Å². The molecule has 0 radical (unpaired) electrons. The zero-order valence-electron chi connectivity index (χ0n) is 21.4. The second kappa shape index (κ2) is 10.5. The van der Waals surface area contributed by atoms with Crippen molar-refractivity contribution in [2.24, 2.45) is 5.41 Å². The lowest BCUT2D eigenvalue weighted by molar-refractivity contribution is -0.138. The van der Waals surface area contributed by atoms with Gasteiger partial charge in [-0.3, -0.25) is 4.79 Å². The number of hydrogen-bond donors (Lipinski definition) is 1.